The van der Waals surface area contributed by atoms with Crippen molar-refractivity contribution >= 4 is 11.6 Å². The summed E-state index contributed by atoms with van der Waals surface area (Å²) in [7, 11) is 1.61. The molecule has 0 spiro atoms. The molecule has 0 aliphatic carbocycles. The molecule has 0 aromatic heterocycles. The lowest BCUT2D eigenvalue weighted by Crippen LogP contribution is -2.12. The van der Waals surface area contributed by atoms with Crippen molar-refractivity contribution in [2.75, 3.05) is 19.0 Å². The van der Waals surface area contributed by atoms with E-state index in [2.05, 4.69) is 5.32 Å². The Bertz CT molecular complexity index is 608. The van der Waals surface area contributed by atoms with Crippen molar-refractivity contribution in [2.24, 2.45) is 0 Å². The molecule has 4 nitrogen and oxygen atoms in total. The van der Waals surface area contributed by atoms with Crippen LogP contribution in [0.2, 0.25) is 0 Å². The van der Waals surface area contributed by atoms with Gasteiger partial charge in [0.25, 0.3) is 0 Å². The van der Waals surface area contributed by atoms with Crippen LogP contribution in [0.3, 0.4) is 0 Å². The number of methoxy groups -OCH3 is 1. The first-order valence-electron chi connectivity index (χ1n) is 7.37. The van der Waals surface area contributed by atoms with E-state index in [0.717, 1.165) is 22.7 Å². The predicted octanol–water partition coefficient (Wildman–Crippen LogP) is 3.67. The Kier molecular flexibility index (Phi) is 5.83. The molecule has 0 heterocycles. The van der Waals surface area contributed by atoms with Crippen LogP contribution in [0.1, 0.15) is 18.9 Å². The quantitative estimate of drug-likeness (QED) is 0.848. The highest BCUT2D eigenvalue weighted by molar-refractivity contribution is 5.90. The number of benzene rings is 2. The zero-order valence-corrected chi connectivity index (χ0v) is 13.0. The first-order valence-corrected chi connectivity index (χ1v) is 7.37. The van der Waals surface area contributed by atoms with Crippen molar-refractivity contribution in [1.29, 1.82) is 0 Å². The molecule has 2 aromatic rings. The Labute approximate surface area is 131 Å². The van der Waals surface area contributed by atoms with E-state index in [4.69, 9.17) is 9.47 Å². The first-order chi connectivity index (χ1) is 10.7. The molecule has 0 fully saturated rings. The fourth-order valence-electron chi connectivity index (χ4n) is 2.15. The van der Waals surface area contributed by atoms with Crippen LogP contribution < -0.4 is 14.8 Å². The second-order valence-electron chi connectivity index (χ2n) is 4.82. The molecule has 0 unspecified atom stereocenters. The highest BCUT2D eigenvalue weighted by Crippen LogP contribution is 2.20. The second kappa shape index (κ2) is 8.08. The number of anilines is 1. The van der Waals surface area contributed by atoms with E-state index in [0.29, 0.717) is 19.4 Å². The Morgan fingerprint density at radius 3 is 2.50 bits per heavy atom. The highest BCUT2D eigenvalue weighted by atomic mass is 16.5. The van der Waals surface area contributed by atoms with Gasteiger partial charge in [0, 0.05) is 12.1 Å². The summed E-state index contributed by atoms with van der Waals surface area (Å²) in [6.45, 7) is 2.57. The van der Waals surface area contributed by atoms with Crippen LogP contribution in [0.5, 0.6) is 11.5 Å². The molecule has 116 valence electrons. The van der Waals surface area contributed by atoms with Crippen molar-refractivity contribution in [3.05, 3.63) is 54.1 Å². The van der Waals surface area contributed by atoms with Gasteiger partial charge < -0.3 is 14.8 Å². The fraction of sp³-hybridized carbons (Fsp3) is 0.278. The summed E-state index contributed by atoms with van der Waals surface area (Å²) in [5, 5.41) is 2.88. The number of nitrogens with one attached hydrogen (secondary N) is 1. The van der Waals surface area contributed by atoms with Crippen LogP contribution in [-0.2, 0) is 11.2 Å². The maximum atomic E-state index is 12.0. The number of carbonyl (C=O) groups excluding carboxylic acids is 1. The third-order valence-electron chi connectivity index (χ3n) is 3.27. The molecule has 1 amide bonds. The van der Waals surface area contributed by atoms with Crippen LogP contribution >= 0.6 is 0 Å². The summed E-state index contributed by atoms with van der Waals surface area (Å²) in [4.78, 5) is 12.0. The maximum Gasteiger partial charge on any atom is 0.224 e. The van der Waals surface area contributed by atoms with Gasteiger partial charge in [0.05, 0.1) is 13.7 Å². The topological polar surface area (TPSA) is 47.6 Å². The molecule has 0 aliphatic rings. The number of ether oxygens (including phenoxy) is 2. The number of hydrogen-bond acceptors (Lipinski definition) is 3. The Morgan fingerprint density at radius 2 is 1.82 bits per heavy atom. The van der Waals surface area contributed by atoms with E-state index < -0.39 is 0 Å². The molecule has 0 saturated heterocycles. The Balaban J connectivity index is 1.89. The van der Waals surface area contributed by atoms with E-state index in [1.165, 1.54) is 0 Å². The Morgan fingerprint density at radius 1 is 1.09 bits per heavy atom. The predicted molar refractivity (Wildman–Crippen MR) is 87.6 cm³/mol. The summed E-state index contributed by atoms with van der Waals surface area (Å²) in [6, 6.07) is 15.1. The van der Waals surface area contributed by atoms with Crippen LogP contribution in [0.15, 0.2) is 48.5 Å². The van der Waals surface area contributed by atoms with Crippen LogP contribution in [0.4, 0.5) is 5.69 Å². The summed E-state index contributed by atoms with van der Waals surface area (Å²) in [5.41, 5.74) is 1.82. The summed E-state index contributed by atoms with van der Waals surface area (Å²) in [6.07, 6.45) is 1.06. The minimum atomic E-state index is -0.0172. The SMILES string of the molecule is CCOc1ccccc1CCC(=O)Nc1ccc(OC)cc1. The molecule has 4 heteroatoms. The number of para-hydroxylation sites is 1. The molecule has 22 heavy (non-hydrogen) atoms. The minimum Gasteiger partial charge on any atom is -0.497 e. The smallest absolute Gasteiger partial charge is 0.224 e. The molecule has 0 aliphatic heterocycles. The van der Waals surface area contributed by atoms with Crippen molar-refractivity contribution in [2.45, 2.75) is 19.8 Å². The van der Waals surface area contributed by atoms with E-state index in [-0.39, 0.29) is 5.91 Å². The van der Waals surface area contributed by atoms with Crippen molar-refractivity contribution in [1.82, 2.24) is 0 Å². The van der Waals surface area contributed by atoms with E-state index in [1.54, 1.807) is 7.11 Å². The average Bonchev–Trinajstić information content (AvgIpc) is 2.55. The van der Waals surface area contributed by atoms with E-state index >= 15 is 0 Å². The zero-order valence-electron chi connectivity index (χ0n) is 13.0. The maximum absolute atomic E-state index is 12.0. The molecule has 1 N–H and O–H groups in total. The Hall–Kier alpha value is -2.49. The number of amides is 1. The highest BCUT2D eigenvalue weighted by Gasteiger charge is 2.07. The molecule has 0 saturated carbocycles. The van der Waals surface area contributed by atoms with Gasteiger partial charge in [0.2, 0.25) is 5.91 Å². The van der Waals surface area contributed by atoms with Gasteiger partial charge in [-0.1, -0.05) is 18.2 Å². The molecular weight excluding hydrogens is 278 g/mol. The largest absolute Gasteiger partial charge is 0.497 e. The van der Waals surface area contributed by atoms with Gasteiger partial charge in [-0.2, -0.15) is 0 Å². The van der Waals surface area contributed by atoms with Gasteiger partial charge in [0.1, 0.15) is 11.5 Å². The van der Waals surface area contributed by atoms with E-state index in [9.17, 15) is 4.79 Å². The van der Waals surface area contributed by atoms with Gasteiger partial charge in [-0.05, 0) is 49.2 Å². The number of hydrogen-bond donors (Lipinski definition) is 1. The lowest BCUT2D eigenvalue weighted by atomic mass is 10.1. The summed E-state index contributed by atoms with van der Waals surface area (Å²) < 4.78 is 10.7. The number of carbonyl (C=O) groups is 1. The third kappa shape index (κ3) is 4.52. The van der Waals surface area contributed by atoms with Crippen molar-refractivity contribution in [3.63, 3.8) is 0 Å². The molecule has 0 bridgehead atoms. The van der Waals surface area contributed by atoms with Gasteiger partial charge in [0.15, 0.2) is 0 Å². The van der Waals surface area contributed by atoms with Crippen molar-refractivity contribution in [3.8, 4) is 11.5 Å². The van der Waals surface area contributed by atoms with Crippen LogP contribution in [-0.4, -0.2) is 19.6 Å². The molecular formula is C18H21NO3. The van der Waals surface area contributed by atoms with Gasteiger partial charge in [-0.25, -0.2) is 0 Å². The van der Waals surface area contributed by atoms with Gasteiger partial charge in [-0.3, -0.25) is 4.79 Å². The van der Waals surface area contributed by atoms with E-state index in [1.807, 2.05) is 55.5 Å². The number of rotatable bonds is 7. The minimum absolute atomic E-state index is 0.0172. The molecule has 2 aromatic carbocycles. The van der Waals surface area contributed by atoms with Crippen LogP contribution in [0, 0.1) is 0 Å². The monoisotopic (exact) mass is 299 g/mol. The van der Waals surface area contributed by atoms with Gasteiger partial charge in [-0.15, -0.1) is 0 Å². The van der Waals surface area contributed by atoms with Gasteiger partial charge >= 0.3 is 0 Å². The number of aryl methyl sites for hydroxylation is 1. The molecule has 0 radical (unpaired) electrons. The lowest BCUT2D eigenvalue weighted by molar-refractivity contribution is -0.116. The average molecular weight is 299 g/mol. The van der Waals surface area contributed by atoms with Crippen molar-refractivity contribution < 1.29 is 14.3 Å². The first kappa shape index (κ1) is 15.9. The zero-order chi connectivity index (χ0) is 15.8. The summed E-state index contributed by atoms with van der Waals surface area (Å²) in [5.74, 6) is 1.60. The fourth-order valence-corrected chi connectivity index (χ4v) is 2.15. The third-order valence-corrected chi connectivity index (χ3v) is 3.27. The lowest BCUT2D eigenvalue weighted by Gasteiger charge is -2.10. The standard InChI is InChI=1S/C18H21NO3/c1-3-22-17-7-5-4-6-14(17)8-13-18(20)19-15-9-11-16(21-2)12-10-15/h4-7,9-12H,3,8,13H2,1-2H3,(H,19,20). The second-order valence-corrected chi connectivity index (χ2v) is 4.82. The summed E-state index contributed by atoms with van der Waals surface area (Å²) >= 11 is 0. The van der Waals surface area contributed by atoms with Crippen LogP contribution in [0.25, 0.3) is 0 Å². The normalized spacial score (nSPS) is 10.1. The molecule has 0 atom stereocenters. The molecule has 2 rings (SSSR count).